The summed E-state index contributed by atoms with van der Waals surface area (Å²) in [6, 6.07) is 0. The molecule has 5 heterocycles. The van der Waals surface area contributed by atoms with Crippen LogP contribution in [0.4, 0.5) is 0 Å². The van der Waals surface area contributed by atoms with Crippen molar-refractivity contribution in [1.82, 2.24) is 5.32 Å². The molecule has 5 aliphatic heterocycles. The molecule has 0 amide bonds. The third kappa shape index (κ3) is 11.3. The van der Waals surface area contributed by atoms with E-state index in [1.807, 2.05) is 19.1 Å². The van der Waals surface area contributed by atoms with E-state index in [1.165, 1.54) is 14.0 Å². The molecule has 0 unspecified atom stereocenters. The van der Waals surface area contributed by atoms with E-state index in [1.54, 1.807) is 26.8 Å². The first-order valence-electron chi connectivity index (χ1n) is 17.3. The zero-order chi connectivity index (χ0) is 38.9. The molecular formula is C38H41K2N5O9PdS. The summed E-state index contributed by atoms with van der Waals surface area (Å²) in [5.74, 6) is -3.61. The van der Waals surface area contributed by atoms with Gasteiger partial charge in [-0.15, -0.1) is 5.76 Å². The average molecular weight is 928 g/mol. The third-order valence-electron chi connectivity index (χ3n) is 9.99. The van der Waals surface area contributed by atoms with Crippen LogP contribution >= 0.6 is 0 Å². The Morgan fingerprint density at radius 2 is 1.61 bits per heavy atom. The van der Waals surface area contributed by atoms with Gasteiger partial charge >= 0.3 is 129 Å². The van der Waals surface area contributed by atoms with Crippen molar-refractivity contribution in [2.24, 2.45) is 31.8 Å². The van der Waals surface area contributed by atoms with Crippen LogP contribution in [0, 0.1) is 11.8 Å². The predicted molar refractivity (Wildman–Crippen MR) is 193 cm³/mol. The standard InChI is InChI=1S/C38H45N5O9S.2K.Pd/c1-8-23-18(2)26-17-31-34(22(6)44)20(4)28(41-31)15-27-19(3)24(10-11-32(45)46)36(42-27)25(14-33(47)52-7)37-35(21(5)29(43-37)16-30(23)40-26)38(48)39-12-9-13-53(49,50)51;;;/h15-18,23,40,44H,8-14H2,1-7H3,(H,39,48)(H,45,46)(H,49,50,51);;;/q;2*+1;+2/p-4/b26-17?,27-15?,30-16?,34-22+,37-25?;;;/t18-,23-;;;/m1.../s1. The molecule has 18 heteroatoms. The summed E-state index contributed by atoms with van der Waals surface area (Å²) >= 11 is 0. The summed E-state index contributed by atoms with van der Waals surface area (Å²) in [7, 11) is -3.32. The van der Waals surface area contributed by atoms with Crippen molar-refractivity contribution in [3.8, 4) is 0 Å². The Bertz CT molecular complexity index is 2180. The molecule has 0 saturated carbocycles. The number of aliphatic carboxylic acids is 1. The molecule has 0 aliphatic carbocycles. The molecule has 5 aliphatic rings. The van der Waals surface area contributed by atoms with Crippen LogP contribution in [-0.2, 0) is 44.9 Å². The first-order chi connectivity index (χ1) is 24.9. The van der Waals surface area contributed by atoms with Gasteiger partial charge in [0, 0.05) is 52.6 Å². The van der Waals surface area contributed by atoms with E-state index in [0.29, 0.717) is 50.7 Å². The fourth-order valence-corrected chi connectivity index (χ4v) is 7.64. The van der Waals surface area contributed by atoms with Gasteiger partial charge in [0.15, 0.2) is 0 Å². The van der Waals surface area contributed by atoms with Gasteiger partial charge in [0.1, 0.15) is 0 Å². The number of methoxy groups -OCH3 is 1. The van der Waals surface area contributed by atoms with Crippen molar-refractivity contribution in [3.05, 3.63) is 91.5 Å². The summed E-state index contributed by atoms with van der Waals surface area (Å²) in [5.41, 5.74) is 6.50. The Hall–Kier alpha value is -1.21. The number of carboxylic acids is 1. The molecule has 56 heavy (non-hydrogen) atoms. The molecule has 14 nitrogen and oxygen atoms in total. The second-order valence-electron chi connectivity index (χ2n) is 13.4. The van der Waals surface area contributed by atoms with Gasteiger partial charge in [0.2, 0.25) is 0 Å². The molecule has 0 spiro atoms. The van der Waals surface area contributed by atoms with Crippen LogP contribution < -0.4 is 123 Å². The van der Waals surface area contributed by atoms with Crippen LogP contribution in [0.2, 0.25) is 0 Å². The molecule has 0 aromatic heterocycles. The van der Waals surface area contributed by atoms with Crippen molar-refractivity contribution in [2.75, 3.05) is 19.4 Å². The molecule has 0 radical (unpaired) electrons. The maximum absolute atomic E-state index is 13.9. The average Bonchev–Trinajstić information content (AvgIpc) is 3.77. The SMILES string of the molecule is CC[C@H]1C2=CC3=NC(=C(CC(=O)OC)C4=NC(=CC5=C(C)/C(=C(/C)[O-])C(=N5)C=C(N2)[C@@H]1C)C(C)=C4CCC(=O)[O-])C(C([O-])=NCCCS(=O)(=O)[O-])=C3C.[K+].[K+].[Pd+2]. The fourth-order valence-electron chi connectivity index (χ4n) is 7.16. The van der Waals surface area contributed by atoms with Crippen molar-refractivity contribution in [2.45, 2.75) is 73.6 Å². The van der Waals surface area contributed by atoms with Crippen LogP contribution in [0.15, 0.2) is 111 Å². The number of carbonyl (C=O) groups excluding carboxylic acids is 2. The van der Waals surface area contributed by atoms with Gasteiger partial charge in [-0.1, -0.05) is 20.8 Å². The van der Waals surface area contributed by atoms with Crippen molar-refractivity contribution >= 4 is 45.1 Å². The van der Waals surface area contributed by atoms with Gasteiger partial charge in [-0.25, -0.2) is 23.4 Å². The van der Waals surface area contributed by atoms with E-state index >= 15 is 0 Å². The number of hydrogen-bond acceptors (Lipinski definition) is 14. The predicted octanol–water partition coefficient (Wildman–Crippen LogP) is -4.13. The van der Waals surface area contributed by atoms with Gasteiger partial charge in [-0.3, -0.25) is 4.79 Å². The molecule has 1 fully saturated rings. The summed E-state index contributed by atoms with van der Waals surface area (Å²) in [6.45, 7) is 10.6. The second-order valence-corrected chi connectivity index (χ2v) is 14.9. The first kappa shape index (κ1) is 50.9. The fraction of sp³-hybridized carbons (Fsp3) is 0.421. The number of esters is 1. The molecule has 0 aromatic carbocycles. The molecule has 2 atom stereocenters. The van der Waals surface area contributed by atoms with E-state index in [2.05, 4.69) is 17.2 Å². The largest absolute Gasteiger partial charge is 2.00 e. The van der Waals surface area contributed by atoms with Gasteiger partial charge in [-0.2, -0.15) is 0 Å². The minimum atomic E-state index is -4.53. The number of aliphatic imine (C=N–C) groups is 4. The van der Waals surface area contributed by atoms with E-state index in [-0.39, 0.29) is 189 Å². The number of hydrogen-bond donors (Lipinski definition) is 1. The second kappa shape index (κ2) is 21.3. The molecular weight excluding hydrogens is 887 g/mol. The van der Waals surface area contributed by atoms with Gasteiger partial charge in [0.25, 0.3) is 0 Å². The number of rotatable bonds is 11. The third-order valence-corrected chi connectivity index (χ3v) is 10.8. The Labute approximate surface area is 426 Å². The van der Waals surface area contributed by atoms with E-state index in [9.17, 15) is 37.9 Å². The summed E-state index contributed by atoms with van der Waals surface area (Å²) < 4.78 is 38.7. The smallest absolute Gasteiger partial charge is 0.875 e. The van der Waals surface area contributed by atoms with Gasteiger partial charge in [-0.05, 0) is 98.4 Å². The molecule has 1 saturated heterocycles. The van der Waals surface area contributed by atoms with Crippen LogP contribution in [0.1, 0.15) is 73.6 Å². The summed E-state index contributed by atoms with van der Waals surface area (Å²) in [5, 5.41) is 42.2. The van der Waals surface area contributed by atoms with E-state index < -0.39 is 40.1 Å². The molecule has 290 valence electrons. The van der Waals surface area contributed by atoms with Crippen molar-refractivity contribution in [1.29, 1.82) is 0 Å². The molecule has 5 rings (SSSR count). The monoisotopic (exact) mass is 927 g/mol. The quantitative estimate of drug-likeness (QED) is 0.0400. The van der Waals surface area contributed by atoms with Crippen LogP contribution in [0.25, 0.3) is 0 Å². The molecule has 1 N–H and O–H groups in total. The maximum atomic E-state index is 13.9. The number of nitrogens with zero attached hydrogens (tertiary/aromatic N) is 4. The zero-order valence-electron chi connectivity index (χ0n) is 33.0. The zero-order valence-corrected chi connectivity index (χ0v) is 41.6. The van der Waals surface area contributed by atoms with E-state index in [0.717, 1.165) is 17.8 Å². The number of allylic oxidation sites excluding steroid dienone is 11. The van der Waals surface area contributed by atoms with E-state index in [4.69, 9.17) is 19.7 Å². The minimum absolute atomic E-state index is 0. The van der Waals surface area contributed by atoms with Crippen LogP contribution in [0.5, 0.6) is 0 Å². The Morgan fingerprint density at radius 3 is 2.20 bits per heavy atom. The van der Waals surface area contributed by atoms with Crippen LogP contribution in [-0.4, -0.2) is 67.3 Å². The van der Waals surface area contributed by atoms with Gasteiger partial charge in [0.05, 0.1) is 57.9 Å². The number of fused-ring (bicyclic) bond motifs is 5. The maximum Gasteiger partial charge on any atom is 2.00 e. The van der Waals surface area contributed by atoms with Crippen LogP contribution in [0.3, 0.4) is 0 Å². The minimum Gasteiger partial charge on any atom is -0.875 e. The summed E-state index contributed by atoms with van der Waals surface area (Å²) in [4.78, 5) is 43.6. The first-order valence-corrected chi connectivity index (χ1v) is 18.9. The number of ether oxygens (including phenoxy) is 1. The topological polar surface area (TPSA) is 231 Å². The molecule has 0 aromatic rings. The van der Waals surface area contributed by atoms with Crippen molar-refractivity contribution < 1.29 is 166 Å². The Balaban J connectivity index is 0.00000361. The Morgan fingerprint density at radius 1 is 0.946 bits per heavy atom. The normalized spacial score (nSPS) is 21.5. The van der Waals surface area contributed by atoms with Gasteiger partial charge < -0.3 is 39.7 Å². The molecule has 8 bridgehead atoms. The summed E-state index contributed by atoms with van der Waals surface area (Å²) in [6.07, 6.45) is 5.15. The van der Waals surface area contributed by atoms with Crippen molar-refractivity contribution in [3.63, 3.8) is 0 Å². The number of nitrogens with one attached hydrogen (secondary N) is 1. The number of carboxylic acid groups (broad SMARTS) is 1. The Kier molecular flexibility index (Phi) is 19.4. The number of carbonyl (C=O) groups is 2.